The monoisotopic (exact) mass is 248 g/mol. The Kier molecular flexibility index (Phi) is 7.75. The lowest BCUT2D eigenvalue weighted by Crippen LogP contribution is -1.95. The molecule has 0 aliphatic rings. The van der Waals surface area contributed by atoms with Gasteiger partial charge in [0.2, 0.25) is 0 Å². The summed E-state index contributed by atoms with van der Waals surface area (Å²) in [6.45, 7) is 4.27. The third-order valence-electron chi connectivity index (χ3n) is 3.57. The van der Waals surface area contributed by atoms with Gasteiger partial charge in [0.1, 0.15) is 0 Å². The highest BCUT2D eigenvalue weighted by molar-refractivity contribution is 5.24. The normalized spacial score (nSPS) is 12.6. The molecular weight excluding hydrogens is 220 g/mol. The van der Waals surface area contributed by atoms with Crippen LogP contribution in [0.5, 0.6) is 0 Å². The van der Waals surface area contributed by atoms with Gasteiger partial charge in [-0.1, -0.05) is 70.2 Å². The minimum absolute atomic E-state index is 0.298. The maximum atomic E-state index is 9.72. The van der Waals surface area contributed by atoms with Crippen molar-refractivity contribution in [3.05, 3.63) is 35.4 Å². The lowest BCUT2D eigenvalue weighted by Gasteiger charge is -2.09. The molecule has 0 fully saturated rings. The lowest BCUT2D eigenvalue weighted by molar-refractivity contribution is 0.173. The second kappa shape index (κ2) is 9.16. The molecule has 0 bridgehead atoms. The maximum absolute atomic E-state index is 9.72. The minimum atomic E-state index is -0.298. The van der Waals surface area contributed by atoms with Gasteiger partial charge in [-0.05, 0) is 30.4 Å². The number of rotatable bonds is 9. The SMILES string of the molecule is CCCCCCCCc1ccc(C(O)CC)cc1. The smallest absolute Gasteiger partial charge is 0.0787 e. The van der Waals surface area contributed by atoms with Crippen LogP contribution in [-0.2, 0) is 6.42 Å². The van der Waals surface area contributed by atoms with Gasteiger partial charge in [0, 0.05) is 0 Å². The van der Waals surface area contributed by atoms with Crippen molar-refractivity contribution in [1.29, 1.82) is 0 Å². The van der Waals surface area contributed by atoms with E-state index in [1.54, 1.807) is 0 Å². The first-order valence-corrected chi connectivity index (χ1v) is 7.54. The highest BCUT2D eigenvalue weighted by Crippen LogP contribution is 2.17. The van der Waals surface area contributed by atoms with Gasteiger partial charge in [-0.2, -0.15) is 0 Å². The first kappa shape index (κ1) is 15.2. The predicted molar refractivity (Wildman–Crippen MR) is 78.8 cm³/mol. The van der Waals surface area contributed by atoms with Crippen molar-refractivity contribution < 1.29 is 5.11 Å². The Bertz CT molecular complexity index is 302. The molecule has 102 valence electrons. The molecule has 0 saturated heterocycles. The quantitative estimate of drug-likeness (QED) is 0.607. The summed E-state index contributed by atoms with van der Waals surface area (Å²) in [6, 6.07) is 8.47. The van der Waals surface area contributed by atoms with E-state index in [9.17, 15) is 5.11 Å². The fourth-order valence-electron chi connectivity index (χ4n) is 2.25. The van der Waals surface area contributed by atoms with Crippen LogP contribution >= 0.6 is 0 Å². The van der Waals surface area contributed by atoms with Crippen molar-refractivity contribution >= 4 is 0 Å². The Morgan fingerprint density at radius 2 is 1.50 bits per heavy atom. The maximum Gasteiger partial charge on any atom is 0.0787 e. The molecule has 0 aliphatic heterocycles. The Balaban J connectivity index is 2.22. The minimum Gasteiger partial charge on any atom is -0.388 e. The van der Waals surface area contributed by atoms with E-state index in [-0.39, 0.29) is 6.10 Å². The molecule has 1 rings (SSSR count). The second-order valence-electron chi connectivity index (χ2n) is 5.18. The van der Waals surface area contributed by atoms with Crippen LogP contribution in [0, 0.1) is 0 Å². The molecule has 0 aliphatic carbocycles. The lowest BCUT2D eigenvalue weighted by atomic mass is 10.0. The van der Waals surface area contributed by atoms with Gasteiger partial charge in [0.25, 0.3) is 0 Å². The molecule has 0 amide bonds. The summed E-state index contributed by atoms with van der Waals surface area (Å²) >= 11 is 0. The fraction of sp³-hybridized carbons (Fsp3) is 0.647. The molecule has 1 unspecified atom stereocenters. The van der Waals surface area contributed by atoms with Crippen molar-refractivity contribution in [2.45, 2.75) is 71.3 Å². The van der Waals surface area contributed by atoms with Crippen LogP contribution in [0.3, 0.4) is 0 Å². The summed E-state index contributed by atoms with van der Waals surface area (Å²) in [4.78, 5) is 0. The Labute approximate surface area is 112 Å². The summed E-state index contributed by atoms with van der Waals surface area (Å²) in [5.74, 6) is 0. The van der Waals surface area contributed by atoms with E-state index < -0.39 is 0 Å². The summed E-state index contributed by atoms with van der Waals surface area (Å²) in [6.07, 6.45) is 9.76. The molecule has 0 radical (unpaired) electrons. The molecule has 0 heterocycles. The summed E-state index contributed by atoms with van der Waals surface area (Å²) in [5.41, 5.74) is 2.45. The molecular formula is C17H28O. The second-order valence-corrected chi connectivity index (χ2v) is 5.18. The largest absolute Gasteiger partial charge is 0.388 e. The zero-order chi connectivity index (χ0) is 13.2. The number of unbranched alkanes of at least 4 members (excludes halogenated alkanes) is 5. The Hall–Kier alpha value is -0.820. The van der Waals surface area contributed by atoms with E-state index >= 15 is 0 Å². The number of aliphatic hydroxyl groups excluding tert-OH is 1. The van der Waals surface area contributed by atoms with Crippen LogP contribution in [0.15, 0.2) is 24.3 Å². The van der Waals surface area contributed by atoms with Gasteiger partial charge >= 0.3 is 0 Å². The van der Waals surface area contributed by atoms with E-state index in [1.165, 1.54) is 50.5 Å². The van der Waals surface area contributed by atoms with E-state index in [0.29, 0.717) is 0 Å². The van der Waals surface area contributed by atoms with Crippen molar-refractivity contribution in [2.24, 2.45) is 0 Å². The number of aliphatic hydroxyl groups is 1. The molecule has 1 N–H and O–H groups in total. The number of aryl methyl sites for hydroxylation is 1. The van der Waals surface area contributed by atoms with Gasteiger partial charge < -0.3 is 5.11 Å². The number of hydrogen-bond donors (Lipinski definition) is 1. The van der Waals surface area contributed by atoms with Gasteiger partial charge in [-0.15, -0.1) is 0 Å². The van der Waals surface area contributed by atoms with Gasteiger partial charge in [0.15, 0.2) is 0 Å². The van der Waals surface area contributed by atoms with E-state index in [2.05, 4.69) is 31.2 Å². The van der Waals surface area contributed by atoms with Crippen LogP contribution in [0.2, 0.25) is 0 Å². The van der Waals surface area contributed by atoms with Gasteiger partial charge in [-0.25, -0.2) is 0 Å². The van der Waals surface area contributed by atoms with E-state index in [1.807, 2.05) is 6.92 Å². The molecule has 1 atom stereocenters. The van der Waals surface area contributed by atoms with Crippen molar-refractivity contribution in [1.82, 2.24) is 0 Å². The Morgan fingerprint density at radius 3 is 2.11 bits per heavy atom. The molecule has 0 spiro atoms. The van der Waals surface area contributed by atoms with E-state index in [0.717, 1.165) is 12.0 Å². The molecule has 18 heavy (non-hydrogen) atoms. The average molecular weight is 248 g/mol. The highest BCUT2D eigenvalue weighted by atomic mass is 16.3. The molecule has 1 heteroatoms. The average Bonchev–Trinajstić information content (AvgIpc) is 2.42. The third-order valence-corrected chi connectivity index (χ3v) is 3.57. The van der Waals surface area contributed by atoms with Crippen LogP contribution < -0.4 is 0 Å². The van der Waals surface area contributed by atoms with Crippen molar-refractivity contribution in [2.75, 3.05) is 0 Å². The molecule has 0 saturated carbocycles. The summed E-state index contributed by atoms with van der Waals surface area (Å²) in [7, 11) is 0. The van der Waals surface area contributed by atoms with Crippen molar-refractivity contribution in [3.8, 4) is 0 Å². The molecule has 0 aromatic heterocycles. The molecule has 1 nitrogen and oxygen atoms in total. The van der Waals surface area contributed by atoms with Crippen LogP contribution in [-0.4, -0.2) is 5.11 Å². The fourth-order valence-corrected chi connectivity index (χ4v) is 2.25. The van der Waals surface area contributed by atoms with E-state index in [4.69, 9.17) is 0 Å². The third kappa shape index (κ3) is 5.68. The topological polar surface area (TPSA) is 20.2 Å². The van der Waals surface area contributed by atoms with Gasteiger partial charge in [0.05, 0.1) is 6.10 Å². The Morgan fingerprint density at radius 1 is 0.889 bits per heavy atom. The molecule has 1 aromatic carbocycles. The van der Waals surface area contributed by atoms with Crippen LogP contribution in [0.25, 0.3) is 0 Å². The first-order chi connectivity index (χ1) is 8.77. The zero-order valence-electron chi connectivity index (χ0n) is 12.0. The molecule has 1 aromatic rings. The van der Waals surface area contributed by atoms with Gasteiger partial charge in [-0.3, -0.25) is 0 Å². The number of benzene rings is 1. The predicted octanol–water partition coefficient (Wildman–Crippen LogP) is 5.03. The van der Waals surface area contributed by atoms with Crippen LogP contribution in [0.1, 0.15) is 76.0 Å². The highest BCUT2D eigenvalue weighted by Gasteiger charge is 2.03. The zero-order valence-corrected chi connectivity index (χ0v) is 12.0. The number of hydrogen-bond acceptors (Lipinski definition) is 1. The standard InChI is InChI=1S/C17H28O/c1-3-5-6-7-8-9-10-15-11-13-16(14-12-15)17(18)4-2/h11-14,17-18H,3-10H2,1-2H3. The summed E-state index contributed by atoms with van der Waals surface area (Å²) < 4.78 is 0. The summed E-state index contributed by atoms with van der Waals surface area (Å²) in [5, 5.41) is 9.72. The first-order valence-electron chi connectivity index (χ1n) is 7.54. The van der Waals surface area contributed by atoms with Crippen LogP contribution in [0.4, 0.5) is 0 Å². The van der Waals surface area contributed by atoms with Crippen molar-refractivity contribution in [3.63, 3.8) is 0 Å².